The van der Waals surface area contributed by atoms with Crippen LogP contribution in [0.2, 0.25) is 0 Å². The lowest BCUT2D eigenvalue weighted by molar-refractivity contribution is -0.0816. The Morgan fingerprint density at radius 3 is 2.82 bits per heavy atom. The summed E-state index contributed by atoms with van der Waals surface area (Å²) in [4.78, 5) is 0. The number of ether oxygens (including phenoxy) is 1. The molecule has 2 bridgehead atoms. The monoisotopic (exact) mass is 157 g/mol. The van der Waals surface area contributed by atoms with E-state index in [1.54, 1.807) is 7.05 Å². The fourth-order valence-electron chi connectivity index (χ4n) is 2.27. The van der Waals surface area contributed by atoms with Crippen LogP contribution in [-0.4, -0.2) is 36.1 Å². The standard InChI is InChI=1S/C8H15NO2/c1-9(10)5-6-4-7-2-3-8(6)11-7/h6-8,10H,2-5H2,1H3. The van der Waals surface area contributed by atoms with Gasteiger partial charge in [-0.15, -0.1) is 0 Å². The SMILES string of the molecule is CN(O)CC1CC2CCC1O2. The van der Waals surface area contributed by atoms with E-state index in [2.05, 4.69) is 0 Å². The molecule has 3 atom stereocenters. The second-order valence-corrected chi connectivity index (χ2v) is 3.71. The number of hydrogen-bond acceptors (Lipinski definition) is 3. The van der Waals surface area contributed by atoms with Crippen molar-refractivity contribution in [2.45, 2.75) is 31.5 Å². The zero-order chi connectivity index (χ0) is 7.84. The molecule has 0 aliphatic carbocycles. The van der Waals surface area contributed by atoms with Gasteiger partial charge in [-0.3, -0.25) is 0 Å². The molecule has 2 fully saturated rings. The summed E-state index contributed by atoms with van der Waals surface area (Å²) in [5.74, 6) is 0.573. The quantitative estimate of drug-likeness (QED) is 0.604. The van der Waals surface area contributed by atoms with Gasteiger partial charge in [0.1, 0.15) is 0 Å². The Kier molecular flexibility index (Phi) is 1.87. The van der Waals surface area contributed by atoms with Gasteiger partial charge in [-0.2, -0.15) is 5.06 Å². The van der Waals surface area contributed by atoms with Gasteiger partial charge < -0.3 is 9.94 Å². The summed E-state index contributed by atoms with van der Waals surface area (Å²) >= 11 is 0. The Morgan fingerprint density at radius 1 is 1.55 bits per heavy atom. The fourth-order valence-corrected chi connectivity index (χ4v) is 2.27. The van der Waals surface area contributed by atoms with Crippen molar-refractivity contribution in [3.63, 3.8) is 0 Å². The maximum absolute atomic E-state index is 9.02. The van der Waals surface area contributed by atoms with Gasteiger partial charge in [-0.05, 0) is 19.3 Å². The lowest BCUT2D eigenvalue weighted by Gasteiger charge is -2.20. The van der Waals surface area contributed by atoms with Crippen molar-refractivity contribution in [2.75, 3.05) is 13.6 Å². The number of rotatable bonds is 2. The second-order valence-electron chi connectivity index (χ2n) is 3.71. The van der Waals surface area contributed by atoms with Gasteiger partial charge in [-0.1, -0.05) is 0 Å². The molecule has 0 aromatic rings. The van der Waals surface area contributed by atoms with E-state index in [1.807, 2.05) is 0 Å². The van der Waals surface area contributed by atoms with Gasteiger partial charge >= 0.3 is 0 Å². The van der Waals surface area contributed by atoms with Crippen LogP contribution < -0.4 is 0 Å². The topological polar surface area (TPSA) is 32.7 Å². The molecule has 3 heteroatoms. The Bertz CT molecular complexity index is 149. The van der Waals surface area contributed by atoms with E-state index in [-0.39, 0.29) is 0 Å². The molecule has 2 rings (SSSR count). The molecule has 64 valence electrons. The summed E-state index contributed by atoms with van der Waals surface area (Å²) < 4.78 is 5.65. The van der Waals surface area contributed by atoms with Gasteiger partial charge in [-0.25, -0.2) is 0 Å². The molecule has 0 saturated carbocycles. The highest BCUT2D eigenvalue weighted by Crippen LogP contribution is 2.38. The van der Waals surface area contributed by atoms with Crippen molar-refractivity contribution < 1.29 is 9.94 Å². The van der Waals surface area contributed by atoms with E-state index in [0.717, 1.165) is 13.0 Å². The van der Waals surface area contributed by atoms with Crippen LogP contribution >= 0.6 is 0 Å². The van der Waals surface area contributed by atoms with Crippen LogP contribution in [-0.2, 0) is 4.74 Å². The van der Waals surface area contributed by atoms with E-state index in [9.17, 15) is 0 Å². The normalized spacial score (nSPS) is 42.3. The van der Waals surface area contributed by atoms with Crippen molar-refractivity contribution in [2.24, 2.45) is 5.92 Å². The summed E-state index contributed by atoms with van der Waals surface area (Å²) in [6.45, 7) is 0.765. The predicted octanol–water partition coefficient (Wildman–Crippen LogP) is 0.875. The molecule has 0 radical (unpaired) electrons. The van der Waals surface area contributed by atoms with Crippen molar-refractivity contribution in [3.8, 4) is 0 Å². The first-order chi connectivity index (χ1) is 5.25. The lowest BCUT2D eigenvalue weighted by atomic mass is 9.89. The van der Waals surface area contributed by atoms with Crippen LogP contribution in [0.15, 0.2) is 0 Å². The minimum absolute atomic E-state index is 0.439. The van der Waals surface area contributed by atoms with Crippen molar-refractivity contribution >= 4 is 0 Å². The summed E-state index contributed by atoms with van der Waals surface area (Å²) in [5.41, 5.74) is 0. The molecule has 2 heterocycles. The van der Waals surface area contributed by atoms with Gasteiger partial charge in [0.15, 0.2) is 0 Å². The molecule has 1 N–H and O–H groups in total. The summed E-state index contributed by atoms with van der Waals surface area (Å²) in [7, 11) is 1.70. The zero-order valence-corrected chi connectivity index (χ0v) is 6.86. The van der Waals surface area contributed by atoms with E-state index >= 15 is 0 Å². The number of hydroxylamine groups is 2. The first-order valence-electron chi connectivity index (χ1n) is 4.31. The summed E-state index contributed by atoms with van der Waals surface area (Å²) in [6.07, 6.45) is 4.52. The van der Waals surface area contributed by atoms with Crippen LogP contribution in [0.3, 0.4) is 0 Å². The Balaban J connectivity index is 1.87. The van der Waals surface area contributed by atoms with Gasteiger partial charge in [0.05, 0.1) is 12.2 Å². The van der Waals surface area contributed by atoms with Crippen molar-refractivity contribution in [1.82, 2.24) is 5.06 Å². The molecule has 2 saturated heterocycles. The molecule has 3 nitrogen and oxygen atoms in total. The zero-order valence-electron chi connectivity index (χ0n) is 6.86. The van der Waals surface area contributed by atoms with E-state index < -0.39 is 0 Å². The molecule has 0 amide bonds. The second kappa shape index (κ2) is 2.73. The average Bonchev–Trinajstić information content (AvgIpc) is 2.45. The first kappa shape index (κ1) is 7.53. The summed E-state index contributed by atoms with van der Waals surface area (Å²) in [5, 5.41) is 10.3. The maximum atomic E-state index is 9.02. The average molecular weight is 157 g/mol. The highest BCUT2D eigenvalue weighted by molar-refractivity contribution is 4.89. The number of hydrogen-bond donors (Lipinski definition) is 1. The van der Waals surface area contributed by atoms with Crippen LogP contribution in [0.4, 0.5) is 0 Å². The Labute approximate surface area is 66.9 Å². The minimum Gasteiger partial charge on any atom is -0.375 e. The van der Waals surface area contributed by atoms with Gasteiger partial charge in [0.2, 0.25) is 0 Å². The first-order valence-corrected chi connectivity index (χ1v) is 4.31. The molecule has 0 aromatic carbocycles. The molecule has 3 unspecified atom stereocenters. The lowest BCUT2D eigenvalue weighted by Crippen LogP contribution is -2.28. The number of nitrogens with zero attached hydrogens (tertiary/aromatic N) is 1. The molecule has 2 aliphatic heterocycles. The summed E-state index contributed by atoms with van der Waals surface area (Å²) in [6, 6.07) is 0. The molecule has 0 spiro atoms. The fraction of sp³-hybridized carbons (Fsp3) is 1.00. The van der Waals surface area contributed by atoms with Gasteiger partial charge in [0, 0.05) is 19.5 Å². The van der Waals surface area contributed by atoms with Gasteiger partial charge in [0.25, 0.3) is 0 Å². The van der Waals surface area contributed by atoms with E-state index in [0.29, 0.717) is 18.1 Å². The molecular formula is C8H15NO2. The third-order valence-electron chi connectivity index (χ3n) is 2.73. The van der Waals surface area contributed by atoms with Crippen LogP contribution in [0.25, 0.3) is 0 Å². The minimum atomic E-state index is 0.439. The van der Waals surface area contributed by atoms with E-state index in [1.165, 1.54) is 17.9 Å². The molecule has 0 aromatic heterocycles. The molecule has 2 aliphatic rings. The van der Waals surface area contributed by atoms with Crippen LogP contribution in [0.1, 0.15) is 19.3 Å². The number of fused-ring (bicyclic) bond motifs is 2. The highest BCUT2D eigenvalue weighted by atomic mass is 16.5. The molecule has 11 heavy (non-hydrogen) atoms. The van der Waals surface area contributed by atoms with Crippen LogP contribution in [0.5, 0.6) is 0 Å². The van der Waals surface area contributed by atoms with Crippen molar-refractivity contribution in [3.05, 3.63) is 0 Å². The Hall–Kier alpha value is -0.120. The largest absolute Gasteiger partial charge is 0.375 e. The van der Waals surface area contributed by atoms with Crippen LogP contribution in [0, 0.1) is 5.92 Å². The van der Waals surface area contributed by atoms with Crippen molar-refractivity contribution in [1.29, 1.82) is 0 Å². The predicted molar refractivity (Wildman–Crippen MR) is 40.4 cm³/mol. The maximum Gasteiger partial charge on any atom is 0.0622 e. The Morgan fingerprint density at radius 2 is 2.36 bits per heavy atom. The molecular weight excluding hydrogens is 142 g/mol. The highest BCUT2D eigenvalue weighted by Gasteiger charge is 2.40. The third-order valence-corrected chi connectivity index (χ3v) is 2.73. The smallest absolute Gasteiger partial charge is 0.0622 e. The third kappa shape index (κ3) is 1.41. The van der Waals surface area contributed by atoms with E-state index in [4.69, 9.17) is 9.94 Å².